The molecule has 1 aromatic rings. The van der Waals surface area contributed by atoms with E-state index in [1.165, 1.54) is 0 Å². The topological polar surface area (TPSA) is 29.4 Å². The Hall–Kier alpha value is -1.09. The summed E-state index contributed by atoms with van der Waals surface area (Å²) in [5.74, 6) is -0.340. The van der Waals surface area contributed by atoms with Crippen LogP contribution in [0.4, 0.5) is 0 Å². The van der Waals surface area contributed by atoms with Gasteiger partial charge < -0.3 is 0 Å². The lowest BCUT2D eigenvalue weighted by Crippen LogP contribution is -1.94. The molecule has 62 valence electrons. The molecule has 12 heavy (non-hydrogen) atoms. The number of nitrogens with zero attached hydrogens (tertiary/aromatic N) is 1. The van der Waals surface area contributed by atoms with Gasteiger partial charge in [0.05, 0.1) is 0 Å². The highest BCUT2D eigenvalue weighted by molar-refractivity contribution is 7.47. The molecule has 1 amide bonds. The van der Waals surface area contributed by atoms with Crippen molar-refractivity contribution in [2.75, 3.05) is 0 Å². The number of benzene rings is 1. The van der Waals surface area contributed by atoms with Crippen molar-refractivity contribution < 1.29 is 4.79 Å². The first-order chi connectivity index (χ1) is 5.65. The fourth-order valence-corrected chi connectivity index (χ4v) is 1.03. The van der Waals surface area contributed by atoms with Gasteiger partial charge in [-0.25, -0.2) is 0 Å². The molecule has 0 bridgehead atoms. The minimum atomic E-state index is -0.340. The van der Waals surface area contributed by atoms with Crippen LogP contribution >= 0.6 is 0 Å². The largest absolute Gasteiger partial charge is 0.288 e. The zero-order chi connectivity index (χ0) is 9.14. The van der Waals surface area contributed by atoms with Crippen LogP contribution in [0.25, 0.3) is 0 Å². The van der Waals surface area contributed by atoms with Gasteiger partial charge in [0.25, 0.3) is 5.91 Å². The predicted molar refractivity (Wildman–Crippen MR) is 50.0 cm³/mol. The van der Waals surface area contributed by atoms with Gasteiger partial charge in [-0.2, -0.15) is 0 Å². The van der Waals surface area contributed by atoms with Crippen molar-refractivity contribution in [3.05, 3.63) is 34.9 Å². The van der Waals surface area contributed by atoms with Gasteiger partial charge in [-0.1, -0.05) is 6.07 Å². The Balaban J connectivity index is 3.13. The minimum Gasteiger partial charge on any atom is -0.266 e. The molecule has 0 unspecified atom stereocenters. The van der Waals surface area contributed by atoms with E-state index in [1.54, 1.807) is 12.1 Å². The lowest BCUT2D eigenvalue weighted by Gasteiger charge is -2.00. The van der Waals surface area contributed by atoms with Crippen molar-refractivity contribution in [1.82, 2.24) is 0 Å². The third kappa shape index (κ3) is 1.74. The number of hydrogen-bond acceptors (Lipinski definition) is 2. The Kier molecular flexibility index (Phi) is 2.65. The summed E-state index contributed by atoms with van der Waals surface area (Å²) in [5.41, 5.74) is 2.81. The van der Waals surface area contributed by atoms with Gasteiger partial charge in [0.2, 0.25) is 0 Å². The van der Waals surface area contributed by atoms with Crippen molar-refractivity contribution >= 4 is 18.3 Å². The van der Waals surface area contributed by atoms with Crippen molar-refractivity contribution in [1.29, 1.82) is 0 Å². The van der Waals surface area contributed by atoms with Crippen molar-refractivity contribution in [2.24, 2.45) is 4.36 Å². The van der Waals surface area contributed by atoms with E-state index < -0.39 is 0 Å². The second-order valence-electron chi connectivity index (χ2n) is 2.70. The molecule has 0 saturated carbocycles. The van der Waals surface area contributed by atoms with E-state index in [9.17, 15) is 4.79 Å². The van der Waals surface area contributed by atoms with Gasteiger partial charge in [-0.15, -0.1) is 4.36 Å². The molecule has 0 spiro atoms. The van der Waals surface area contributed by atoms with E-state index in [0.29, 0.717) is 5.56 Å². The maximum Gasteiger partial charge on any atom is 0.288 e. The van der Waals surface area contributed by atoms with Gasteiger partial charge in [0.15, 0.2) is 0 Å². The average molecular weight is 179 g/mol. The quantitative estimate of drug-likeness (QED) is 0.661. The molecule has 1 rings (SSSR count). The smallest absolute Gasteiger partial charge is 0.266 e. The summed E-state index contributed by atoms with van der Waals surface area (Å²) in [6.07, 6.45) is 0. The Bertz CT molecular complexity index is 333. The van der Waals surface area contributed by atoms with Crippen LogP contribution in [0.5, 0.6) is 0 Å². The highest BCUT2D eigenvalue weighted by Gasteiger charge is 2.03. The molecular formula is C9H9NOS. The number of hydrogen-bond donors (Lipinski definition) is 0. The summed E-state index contributed by atoms with van der Waals surface area (Å²) in [6, 6.07) is 5.43. The second-order valence-corrected chi connectivity index (χ2v) is 2.88. The van der Waals surface area contributed by atoms with Crippen molar-refractivity contribution in [2.45, 2.75) is 13.8 Å². The van der Waals surface area contributed by atoms with Crippen molar-refractivity contribution in [3.63, 3.8) is 0 Å². The fourth-order valence-electron chi connectivity index (χ4n) is 0.927. The van der Waals surface area contributed by atoms with E-state index in [2.05, 4.69) is 16.8 Å². The standard InChI is InChI=1S/C9H9NOS/c1-6-3-4-8(5-7(6)2)9(11)10-12/h3-5H,1-2H3. The maximum absolute atomic E-state index is 11.0. The molecule has 0 fully saturated rings. The number of amides is 1. The molecule has 0 aliphatic rings. The molecule has 0 atom stereocenters. The minimum absolute atomic E-state index is 0.340. The zero-order valence-corrected chi connectivity index (χ0v) is 7.81. The predicted octanol–water partition coefficient (Wildman–Crippen LogP) is 2.17. The molecular weight excluding hydrogens is 170 g/mol. The summed E-state index contributed by atoms with van der Waals surface area (Å²) in [4.78, 5) is 11.0. The third-order valence-electron chi connectivity index (χ3n) is 1.84. The van der Waals surface area contributed by atoms with Crippen LogP contribution in [0.1, 0.15) is 21.5 Å². The van der Waals surface area contributed by atoms with Crippen LogP contribution in [0.3, 0.4) is 0 Å². The second kappa shape index (κ2) is 3.54. The van der Waals surface area contributed by atoms with Crippen LogP contribution in [-0.4, -0.2) is 5.91 Å². The summed E-state index contributed by atoms with van der Waals surface area (Å²) < 4.78 is 3.17. The summed E-state index contributed by atoms with van der Waals surface area (Å²) in [6.45, 7) is 3.95. The summed E-state index contributed by atoms with van der Waals surface area (Å²) in [5, 5.41) is 0. The van der Waals surface area contributed by atoms with Crippen LogP contribution in [-0.2, 0) is 12.4 Å². The average Bonchev–Trinajstić information content (AvgIpc) is 2.08. The van der Waals surface area contributed by atoms with E-state index in [0.717, 1.165) is 11.1 Å². The van der Waals surface area contributed by atoms with Gasteiger partial charge in [-0.05, 0) is 37.1 Å². The van der Waals surface area contributed by atoms with Crippen LogP contribution in [0, 0.1) is 13.8 Å². The molecule has 0 aliphatic heterocycles. The molecule has 3 heteroatoms. The van der Waals surface area contributed by atoms with Gasteiger partial charge in [0.1, 0.15) is 0 Å². The molecule has 0 aromatic heterocycles. The lowest BCUT2D eigenvalue weighted by molar-refractivity contribution is 0.101. The van der Waals surface area contributed by atoms with Crippen LogP contribution < -0.4 is 0 Å². The first-order valence-electron chi connectivity index (χ1n) is 3.60. The first kappa shape index (κ1) is 9.00. The molecule has 0 heterocycles. The molecule has 0 saturated heterocycles. The molecule has 2 nitrogen and oxygen atoms in total. The van der Waals surface area contributed by atoms with Crippen molar-refractivity contribution in [3.8, 4) is 0 Å². The Morgan fingerprint density at radius 2 is 2.00 bits per heavy atom. The monoisotopic (exact) mass is 179 g/mol. The first-order valence-corrected chi connectivity index (χ1v) is 3.96. The molecule has 1 aromatic carbocycles. The maximum atomic E-state index is 11.0. The van der Waals surface area contributed by atoms with Gasteiger partial charge in [0, 0.05) is 18.0 Å². The Labute approximate surface area is 76.8 Å². The lowest BCUT2D eigenvalue weighted by atomic mass is 10.1. The van der Waals surface area contributed by atoms with E-state index in [1.807, 2.05) is 19.9 Å². The third-order valence-corrected chi connectivity index (χ3v) is 2.00. The number of rotatable bonds is 1. The van der Waals surface area contributed by atoms with E-state index in [-0.39, 0.29) is 5.91 Å². The van der Waals surface area contributed by atoms with E-state index >= 15 is 0 Å². The number of carbonyl (C=O) groups excluding carboxylic acids is 1. The van der Waals surface area contributed by atoms with Crippen LogP contribution in [0.2, 0.25) is 0 Å². The molecule has 0 radical (unpaired) electrons. The molecule has 0 N–H and O–H groups in total. The highest BCUT2D eigenvalue weighted by atomic mass is 32.1. The van der Waals surface area contributed by atoms with Gasteiger partial charge >= 0.3 is 0 Å². The summed E-state index contributed by atoms with van der Waals surface area (Å²) >= 11 is 4.31. The Morgan fingerprint density at radius 1 is 1.33 bits per heavy atom. The SMILES string of the molecule is Cc1ccc(C(=O)N=S)cc1C. The van der Waals surface area contributed by atoms with E-state index in [4.69, 9.17) is 0 Å². The molecule has 0 aliphatic carbocycles. The normalized spacial score (nSPS) is 9.50. The highest BCUT2D eigenvalue weighted by Crippen LogP contribution is 2.10. The van der Waals surface area contributed by atoms with Crippen LogP contribution in [0.15, 0.2) is 22.6 Å². The van der Waals surface area contributed by atoms with Gasteiger partial charge in [-0.3, -0.25) is 4.79 Å². The number of carbonyl (C=O) groups is 1. The number of aryl methyl sites for hydroxylation is 2. The fraction of sp³-hybridized carbons (Fsp3) is 0.222. The Morgan fingerprint density at radius 3 is 2.50 bits per heavy atom. The zero-order valence-electron chi connectivity index (χ0n) is 7.00. The summed E-state index contributed by atoms with van der Waals surface area (Å²) in [7, 11) is 0.